The van der Waals surface area contributed by atoms with E-state index in [9.17, 15) is 8.42 Å². The van der Waals surface area contributed by atoms with Crippen molar-refractivity contribution in [3.05, 3.63) is 78.5 Å². The normalized spacial score (nSPS) is 23.2. The number of likely N-dealkylation sites (tertiary alicyclic amines) is 1. The second-order valence-electron chi connectivity index (χ2n) is 7.46. The molecule has 0 bridgehead atoms. The van der Waals surface area contributed by atoms with Gasteiger partial charge in [-0.1, -0.05) is 12.1 Å². The van der Waals surface area contributed by atoms with Crippen LogP contribution in [0.5, 0.6) is 5.88 Å². The summed E-state index contributed by atoms with van der Waals surface area (Å²) in [7, 11) is -3.80. The Labute approximate surface area is 175 Å². The van der Waals surface area contributed by atoms with Crippen molar-refractivity contribution in [2.45, 2.75) is 30.1 Å². The summed E-state index contributed by atoms with van der Waals surface area (Å²) in [4.78, 5) is 15.0. The van der Waals surface area contributed by atoms with Crippen LogP contribution in [0.15, 0.2) is 72.1 Å². The van der Waals surface area contributed by atoms with Gasteiger partial charge in [0.15, 0.2) is 0 Å². The van der Waals surface area contributed by atoms with Crippen molar-refractivity contribution in [1.29, 1.82) is 0 Å². The van der Waals surface area contributed by atoms with Crippen molar-refractivity contribution in [1.82, 2.24) is 24.2 Å². The fourth-order valence-electron chi connectivity index (χ4n) is 4.07. The first-order chi connectivity index (χ1) is 14.6. The average Bonchev–Trinajstić information content (AvgIpc) is 3.11. The third-order valence-corrected chi connectivity index (χ3v) is 7.33. The topological polar surface area (TPSA) is 88.5 Å². The summed E-state index contributed by atoms with van der Waals surface area (Å²) in [5, 5.41) is 0. The molecule has 2 aliphatic heterocycles. The van der Waals surface area contributed by atoms with Gasteiger partial charge in [0.2, 0.25) is 15.9 Å². The third-order valence-electron chi connectivity index (χ3n) is 5.44. The molecule has 5 heterocycles. The van der Waals surface area contributed by atoms with Crippen LogP contribution in [0.1, 0.15) is 11.3 Å². The first-order valence-electron chi connectivity index (χ1n) is 9.76. The highest BCUT2D eigenvalue weighted by atomic mass is 32.2. The fourth-order valence-corrected chi connectivity index (χ4v) is 5.75. The number of hydrogen-bond donors (Lipinski definition) is 0. The summed E-state index contributed by atoms with van der Waals surface area (Å²) in [6.45, 7) is 2.02. The predicted molar refractivity (Wildman–Crippen MR) is 109 cm³/mol. The van der Waals surface area contributed by atoms with Gasteiger partial charge in [-0.15, -0.1) is 0 Å². The standard InChI is InChI=1S/C21H21N5O3S/c27-30(28)20-7-4-10-24-21(20)29-19-15-25(12-16-5-3-8-22-11-16)14-18(19)26(30)13-17-6-1-2-9-23-17/h1-11,18-19H,12-15H2. The molecule has 0 saturated carbocycles. The van der Waals surface area contributed by atoms with Gasteiger partial charge in [-0.3, -0.25) is 14.9 Å². The number of fused-ring (bicyclic) bond motifs is 2. The number of pyridine rings is 3. The van der Waals surface area contributed by atoms with Crippen molar-refractivity contribution >= 4 is 10.0 Å². The molecule has 5 rings (SSSR count). The third kappa shape index (κ3) is 3.55. The Bertz CT molecular complexity index is 1130. The van der Waals surface area contributed by atoms with Gasteiger partial charge < -0.3 is 4.74 Å². The Balaban J connectivity index is 1.51. The molecule has 154 valence electrons. The minimum absolute atomic E-state index is 0.106. The van der Waals surface area contributed by atoms with Crippen LogP contribution < -0.4 is 4.74 Å². The maximum atomic E-state index is 13.6. The van der Waals surface area contributed by atoms with Gasteiger partial charge in [-0.2, -0.15) is 4.31 Å². The monoisotopic (exact) mass is 423 g/mol. The van der Waals surface area contributed by atoms with E-state index in [1.54, 1.807) is 30.7 Å². The smallest absolute Gasteiger partial charge is 0.249 e. The molecule has 2 unspecified atom stereocenters. The molecule has 3 aromatic heterocycles. The van der Waals surface area contributed by atoms with Gasteiger partial charge in [0.05, 0.1) is 18.3 Å². The van der Waals surface area contributed by atoms with Crippen LogP contribution in [-0.2, 0) is 23.1 Å². The van der Waals surface area contributed by atoms with Gasteiger partial charge in [-0.25, -0.2) is 13.4 Å². The van der Waals surface area contributed by atoms with E-state index in [4.69, 9.17) is 4.74 Å². The van der Waals surface area contributed by atoms with Gasteiger partial charge >= 0.3 is 0 Å². The summed E-state index contributed by atoms with van der Waals surface area (Å²) in [5.74, 6) is 0.166. The zero-order valence-corrected chi connectivity index (χ0v) is 17.0. The minimum Gasteiger partial charge on any atom is -0.470 e. The van der Waals surface area contributed by atoms with E-state index in [2.05, 4.69) is 19.9 Å². The van der Waals surface area contributed by atoms with Crippen LogP contribution >= 0.6 is 0 Å². The number of nitrogens with zero attached hydrogens (tertiary/aromatic N) is 5. The molecule has 1 fully saturated rings. The molecule has 0 spiro atoms. The summed E-state index contributed by atoms with van der Waals surface area (Å²) in [6.07, 6.45) is 6.47. The van der Waals surface area contributed by atoms with E-state index in [0.29, 0.717) is 25.3 Å². The van der Waals surface area contributed by atoms with Gasteiger partial charge in [0.1, 0.15) is 11.0 Å². The lowest BCUT2D eigenvalue weighted by atomic mass is 10.2. The zero-order chi connectivity index (χ0) is 20.6. The van der Waals surface area contributed by atoms with E-state index in [-0.39, 0.29) is 29.5 Å². The first kappa shape index (κ1) is 19.1. The van der Waals surface area contributed by atoms with Crippen LogP contribution in [0.2, 0.25) is 0 Å². The lowest BCUT2D eigenvalue weighted by Gasteiger charge is -2.27. The number of rotatable bonds is 4. The van der Waals surface area contributed by atoms with E-state index in [1.165, 1.54) is 4.31 Å². The number of sulfonamides is 1. The molecule has 3 aromatic rings. The van der Waals surface area contributed by atoms with Gasteiger partial charge in [-0.05, 0) is 35.9 Å². The average molecular weight is 423 g/mol. The highest BCUT2D eigenvalue weighted by Gasteiger charge is 2.47. The van der Waals surface area contributed by atoms with E-state index >= 15 is 0 Å². The summed E-state index contributed by atoms with van der Waals surface area (Å²) >= 11 is 0. The quantitative estimate of drug-likeness (QED) is 0.631. The van der Waals surface area contributed by atoms with E-state index in [0.717, 1.165) is 5.56 Å². The highest BCUT2D eigenvalue weighted by molar-refractivity contribution is 7.89. The van der Waals surface area contributed by atoms with Crippen molar-refractivity contribution < 1.29 is 13.2 Å². The van der Waals surface area contributed by atoms with Crippen molar-refractivity contribution in [2.24, 2.45) is 0 Å². The summed E-state index contributed by atoms with van der Waals surface area (Å²) < 4.78 is 34.8. The maximum absolute atomic E-state index is 13.6. The Morgan fingerprint density at radius 1 is 0.967 bits per heavy atom. The van der Waals surface area contributed by atoms with Crippen LogP contribution in [0.4, 0.5) is 0 Å². The molecule has 0 aromatic carbocycles. The number of aromatic nitrogens is 3. The lowest BCUT2D eigenvalue weighted by molar-refractivity contribution is 0.143. The van der Waals surface area contributed by atoms with Crippen LogP contribution in [-0.4, -0.2) is 57.8 Å². The van der Waals surface area contributed by atoms with Gasteiger partial charge in [0.25, 0.3) is 0 Å². The molecule has 0 N–H and O–H groups in total. The summed E-state index contributed by atoms with van der Waals surface area (Å²) in [6, 6.07) is 12.3. The predicted octanol–water partition coefficient (Wildman–Crippen LogP) is 1.71. The van der Waals surface area contributed by atoms with Crippen molar-refractivity contribution in [3.63, 3.8) is 0 Å². The fraction of sp³-hybridized carbons (Fsp3) is 0.286. The second-order valence-corrected chi connectivity index (χ2v) is 9.32. The van der Waals surface area contributed by atoms with Gasteiger partial charge in [0, 0.05) is 44.4 Å². The van der Waals surface area contributed by atoms with Crippen LogP contribution in [0.3, 0.4) is 0 Å². The Morgan fingerprint density at radius 2 is 1.83 bits per heavy atom. The molecule has 0 radical (unpaired) electrons. The SMILES string of the molecule is O=S1(=O)c2cccnc2OC2CN(Cc3cccnc3)CC2N1Cc1ccccn1. The zero-order valence-electron chi connectivity index (χ0n) is 16.2. The minimum atomic E-state index is -3.80. The Kier molecular flexibility index (Phi) is 4.93. The lowest BCUT2D eigenvalue weighted by Crippen LogP contribution is -2.46. The Hall–Kier alpha value is -2.88. The van der Waals surface area contributed by atoms with Crippen LogP contribution in [0.25, 0.3) is 0 Å². The first-order valence-corrected chi connectivity index (χ1v) is 11.2. The molecular formula is C21H21N5O3S. The molecule has 0 aliphatic carbocycles. The molecule has 9 heteroatoms. The summed E-state index contributed by atoms with van der Waals surface area (Å²) in [5.41, 5.74) is 1.77. The van der Waals surface area contributed by atoms with Crippen molar-refractivity contribution in [3.8, 4) is 5.88 Å². The molecule has 2 atom stereocenters. The highest BCUT2D eigenvalue weighted by Crippen LogP contribution is 2.35. The van der Waals surface area contributed by atoms with E-state index < -0.39 is 10.0 Å². The molecule has 0 amide bonds. The maximum Gasteiger partial charge on any atom is 0.249 e. The van der Waals surface area contributed by atoms with Crippen molar-refractivity contribution in [2.75, 3.05) is 13.1 Å². The molecule has 1 saturated heterocycles. The second kappa shape index (κ2) is 7.75. The molecule has 30 heavy (non-hydrogen) atoms. The molecular weight excluding hydrogens is 402 g/mol. The van der Waals surface area contributed by atoms with Crippen LogP contribution in [0, 0.1) is 0 Å². The van der Waals surface area contributed by atoms with E-state index in [1.807, 2.05) is 36.5 Å². The largest absolute Gasteiger partial charge is 0.470 e. The number of hydrogen-bond acceptors (Lipinski definition) is 7. The molecule has 2 aliphatic rings. The molecule has 8 nitrogen and oxygen atoms in total. The Morgan fingerprint density at radius 3 is 2.63 bits per heavy atom. The number of ether oxygens (including phenoxy) is 1.